The van der Waals surface area contributed by atoms with Gasteiger partial charge >= 0.3 is 0 Å². The molecule has 3 aromatic rings. The maximum Gasteiger partial charge on any atom is 0.287 e. The number of halogens is 2. The van der Waals surface area contributed by atoms with E-state index in [1.165, 1.54) is 12.1 Å². The Balaban J connectivity index is 1.27. The molecule has 2 heterocycles. The quantitative estimate of drug-likeness (QED) is 0.557. The Kier molecular flexibility index (Phi) is 4.14. The Bertz CT molecular complexity index is 1240. The van der Waals surface area contributed by atoms with Crippen LogP contribution in [0.3, 0.4) is 0 Å². The van der Waals surface area contributed by atoms with E-state index in [0.717, 1.165) is 40.7 Å². The Morgan fingerprint density at radius 3 is 2.69 bits per heavy atom. The number of aromatic nitrogens is 1. The lowest BCUT2D eigenvalue weighted by atomic mass is 9.39. The van der Waals surface area contributed by atoms with Crippen LogP contribution in [0.5, 0.6) is 0 Å². The number of hydrogen-bond donors (Lipinski definition) is 1. The van der Waals surface area contributed by atoms with Crippen LogP contribution >= 0.6 is 34.5 Å². The van der Waals surface area contributed by atoms with Crippen molar-refractivity contribution in [3.05, 3.63) is 51.9 Å². The molecule has 6 rings (SSSR count). The minimum absolute atomic E-state index is 0.0231. The Morgan fingerprint density at radius 1 is 1.28 bits per heavy atom. The fraction of sp³-hybridized carbons (Fsp3) is 0.368. The fourth-order valence-corrected chi connectivity index (χ4v) is 6.35. The Morgan fingerprint density at radius 2 is 2.00 bits per heavy atom. The summed E-state index contributed by atoms with van der Waals surface area (Å²) < 4.78 is 28.3. The Labute approximate surface area is 181 Å². The molecule has 1 aromatic carbocycles. The number of thiazole rings is 1. The van der Waals surface area contributed by atoms with Crippen molar-refractivity contribution in [3.8, 4) is 0 Å². The first-order chi connectivity index (χ1) is 13.6. The van der Waals surface area contributed by atoms with Crippen LogP contribution in [0.4, 0.5) is 0 Å². The van der Waals surface area contributed by atoms with Gasteiger partial charge in [0.2, 0.25) is 0 Å². The second-order valence-electron chi connectivity index (χ2n) is 8.02. The summed E-state index contributed by atoms with van der Waals surface area (Å²) >= 11 is 13.6. The van der Waals surface area contributed by atoms with Crippen molar-refractivity contribution in [1.29, 1.82) is 0 Å². The van der Waals surface area contributed by atoms with E-state index in [4.69, 9.17) is 32.6 Å². The molecule has 0 aliphatic heterocycles. The van der Waals surface area contributed by atoms with Gasteiger partial charge in [-0.3, -0.25) is 4.79 Å². The number of benzene rings is 1. The highest BCUT2D eigenvalue weighted by Crippen LogP contribution is 2.68. The normalized spacial score (nSPS) is 26.6. The zero-order valence-corrected chi connectivity index (χ0v) is 18.4. The summed E-state index contributed by atoms with van der Waals surface area (Å²) in [5.74, 6) is -0.262. The number of alkyl halides is 1. The average Bonchev–Trinajstić information content (AvgIpc) is 3.21. The first-order valence-corrected chi connectivity index (χ1v) is 12.5. The topological polar surface area (TPSA) is 89.3 Å². The molecule has 1 atom stereocenters. The lowest BCUT2D eigenvalue weighted by Gasteiger charge is -2.69. The highest BCUT2D eigenvalue weighted by molar-refractivity contribution is 7.92. The van der Waals surface area contributed by atoms with Crippen molar-refractivity contribution in [2.24, 2.45) is 0 Å². The predicted octanol–water partition coefficient (Wildman–Crippen LogP) is 4.43. The molecule has 3 saturated carbocycles. The maximum atomic E-state index is 12.6. The van der Waals surface area contributed by atoms with Crippen LogP contribution in [0.15, 0.2) is 34.7 Å². The molecular formula is C19H16Cl2N2O4S2. The van der Waals surface area contributed by atoms with E-state index in [0.29, 0.717) is 5.02 Å². The molecule has 2 bridgehead atoms. The van der Waals surface area contributed by atoms with E-state index in [1.54, 1.807) is 11.3 Å². The van der Waals surface area contributed by atoms with Crippen molar-refractivity contribution >= 4 is 60.5 Å². The zero-order chi connectivity index (χ0) is 20.6. The smallest absolute Gasteiger partial charge is 0.287 e. The van der Waals surface area contributed by atoms with E-state index >= 15 is 0 Å². The predicted molar refractivity (Wildman–Crippen MR) is 113 cm³/mol. The van der Waals surface area contributed by atoms with Crippen LogP contribution in [0.2, 0.25) is 5.02 Å². The molecule has 152 valence electrons. The first kappa shape index (κ1) is 19.4. The van der Waals surface area contributed by atoms with Crippen molar-refractivity contribution < 1.29 is 17.6 Å². The van der Waals surface area contributed by atoms with Gasteiger partial charge in [-0.2, -0.15) is 0 Å². The summed E-state index contributed by atoms with van der Waals surface area (Å²) in [6, 6.07) is 8.58. The highest BCUT2D eigenvalue weighted by atomic mass is 35.5. The number of amides is 1. The summed E-state index contributed by atoms with van der Waals surface area (Å²) in [7, 11) is -3.52. The molecule has 0 radical (unpaired) electrons. The number of fused-ring (bicyclic) bond motifs is 1. The second-order valence-corrected chi connectivity index (χ2v) is 12.3. The van der Waals surface area contributed by atoms with Crippen LogP contribution in [-0.2, 0) is 15.3 Å². The largest absolute Gasteiger partial charge is 0.453 e. The SMILES string of the molecule is CS(=O)(=O)C(Cl)c1ccc(C(=O)NC23CC(c4nc5cc(Cl)ccc5s4)(C2)C3)o1. The lowest BCUT2D eigenvalue weighted by Crippen LogP contribution is -2.76. The van der Waals surface area contributed by atoms with E-state index in [2.05, 4.69) is 5.32 Å². The highest BCUT2D eigenvalue weighted by Gasteiger charge is 2.70. The number of carbonyl (C=O) groups is 1. The molecule has 0 spiro atoms. The monoisotopic (exact) mass is 470 g/mol. The summed E-state index contributed by atoms with van der Waals surface area (Å²) in [5, 5.41) is 4.79. The van der Waals surface area contributed by atoms with Gasteiger partial charge < -0.3 is 9.73 Å². The van der Waals surface area contributed by atoms with E-state index in [9.17, 15) is 13.2 Å². The van der Waals surface area contributed by atoms with Gasteiger partial charge in [-0.05, 0) is 49.6 Å². The van der Waals surface area contributed by atoms with Crippen LogP contribution in [0.1, 0.15) is 45.3 Å². The molecule has 1 unspecified atom stereocenters. The number of furan rings is 1. The zero-order valence-electron chi connectivity index (χ0n) is 15.2. The maximum absolute atomic E-state index is 12.6. The van der Waals surface area contributed by atoms with Gasteiger partial charge in [0.25, 0.3) is 5.91 Å². The van der Waals surface area contributed by atoms with Gasteiger partial charge in [0.1, 0.15) is 10.8 Å². The van der Waals surface area contributed by atoms with Gasteiger partial charge in [-0.15, -0.1) is 11.3 Å². The number of nitrogens with zero attached hydrogens (tertiary/aromatic N) is 1. The number of nitrogens with one attached hydrogen (secondary N) is 1. The summed E-state index contributed by atoms with van der Waals surface area (Å²) in [5.41, 5.74) is 0.677. The third-order valence-corrected chi connectivity index (χ3v) is 9.35. The fourth-order valence-electron chi connectivity index (χ4n) is 4.39. The molecule has 6 nitrogen and oxygen atoms in total. The van der Waals surface area contributed by atoms with Gasteiger partial charge in [0.05, 0.1) is 10.2 Å². The third-order valence-electron chi connectivity index (χ3n) is 5.66. The molecule has 3 aliphatic carbocycles. The van der Waals surface area contributed by atoms with Crippen LogP contribution in [-0.4, -0.2) is 31.1 Å². The van der Waals surface area contributed by atoms with E-state index < -0.39 is 14.5 Å². The number of carbonyl (C=O) groups excluding carboxylic acids is 1. The van der Waals surface area contributed by atoms with E-state index in [-0.39, 0.29) is 28.4 Å². The molecule has 0 saturated heterocycles. The second kappa shape index (κ2) is 6.20. The molecular weight excluding hydrogens is 455 g/mol. The van der Waals surface area contributed by atoms with Gasteiger partial charge in [-0.1, -0.05) is 23.2 Å². The summed E-state index contributed by atoms with van der Waals surface area (Å²) in [4.78, 5) is 17.3. The standard InChI is InChI=1S/C19H16Cl2N2O4S2/c1-29(25,26)15(21)12-3-4-13(27-12)16(24)23-19-7-18(8-19,9-19)17-22-11-6-10(20)2-5-14(11)28-17/h2-6,15H,7-9H2,1H3,(H,23,24). The summed E-state index contributed by atoms with van der Waals surface area (Å²) in [6.07, 6.45) is 3.50. The molecule has 3 fully saturated rings. The Hall–Kier alpha value is -1.61. The molecule has 3 aliphatic rings. The van der Waals surface area contributed by atoms with Crippen LogP contribution < -0.4 is 5.32 Å². The van der Waals surface area contributed by atoms with Gasteiger partial charge in [0.15, 0.2) is 20.3 Å². The third kappa shape index (κ3) is 3.08. The first-order valence-electron chi connectivity index (χ1n) is 8.91. The van der Waals surface area contributed by atoms with Gasteiger partial charge in [-0.25, -0.2) is 13.4 Å². The van der Waals surface area contributed by atoms with Crippen molar-refractivity contribution in [2.45, 2.75) is 34.9 Å². The number of hydrogen-bond acceptors (Lipinski definition) is 6. The average molecular weight is 471 g/mol. The van der Waals surface area contributed by atoms with E-state index in [1.807, 2.05) is 18.2 Å². The molecule has 1 N–H and O–H groups in total. The van der Waals surface area contributed by atoms with Crippen molar-refractivity contribution in [3.63, 3.8) is 0 Å². The molecule has 1 amide bonds. The minimum Gasteiger partial charge on any atom is -0.453 e. The number of rotatable bonds is 5. The minimum atomic E-state index is -3.52. The number of sulfone groups is 1. The van der Waals surface area contributed by atoms with Crippen LogP contribution in [0, 0.1) is 0 Å². The van der Waals surface area contributed by atoms with Crippen molar-refractivity contribution in [1.82, 2.24) is 10.3 Å². The lowest BCUT2D eigenvalue weighted by molar-refractivity contribution is -0.0811. The van der Waals surface area contributed by atoms with Gasteiger partial charge in [0, 0.05) is 22.2 Å². The van der Waals surface area contributed by atoms with Crippen LogP contribution in [0.25, 0.3) is 10.2 Å². The van der Waals surface area contributed by atoms with Crippen molar-refractivity contribution in [2.75, 3.05) is 6.26 Å². The molecule has 10 heteroatoms. The molecule has 29 heavy (non-hydrogen) atoms. The summed E-state index contributed by atoms with van der Waals surface area (Å²) in [6.45, 7) is 0. The molecule has 2 aromatic heterocycles.